The van der Waals surface area contributed by atoms with Crippen LogP contribution >= 0.6 is 0 Å². The van der Waals surface area contributed by atoms with E-state index in [2.05, 4.69) is 196 Å². The molecule has 0 saturated carbocycles. The molecule has 1 heteroatoms. The van der Waals surface area contributed by atoms with Crippen molar-refractivity contribution in [2.24, 2.45) is 0 Å². The van der Waals surface area contributed by atoms with E-state index < -0.39 is 0 Å². The molecule has 0 aromatic heterocycles. The minimum Gasteiger partial charge on any atom is -0.356 e. The third-order valence-corrected chi connectivity index (χ3v) is 10.7. The van der Waals surface area contributed by atoms with Crippen LogP contribution in [0.2, 0.25) is 0 Å². The van der Waals surface area contributed by atoms with Crippen molar-refractivity contribution in [3.8, 4) is 23.5 Å². The molecule has 62 heavy (non-hydrogen) atoms. The monoisotopic (exact) mass is 809 g/mol. The quantitative estimate of drug-likeness (QED) is 0.108. The maximum Gasteiger partial charge on any atom is 0.0387 e. The van der Waals surface area contributed by atoms with Crippen molar-refractivity contribution in [3.05, 3.63) is 246 Å². The van der Waals surface area contributed by atoms with Gasteiger partial charge in [0, 0.05) is 23.7 Å². The number of allylic oxidation sites excluding steroid dienone is 9. The molecular formula is C61H63N. The molecule has 0 aliphatic heterocycles. The first-order valence-corrected chi connectivity index (χ1v) is 22.1. The van der Waals surface area contributed by atoms with Crippen LogP contribution in [0.5, 0.6) is 0 Å². The minimum absolute atomic E-state index is 0.413. The van der Waals surface area contributed by atoms with Crippen LogP contribution in [0.4, 0.5) is 5.69 Å². The number of para-hydroxylation sites is 1. The molecule has 6 aromatic rings. The van der Waals surface area contributed by atoms with Crippen molar-refractivity contribution < 1.29 is 0 Å². The summed E-state index contributed by atoms with van der Waals surface area (Å²) in [6, 6.07) is 57.8. The Balaban J connectivity index is 0.000000281. The van der Waals surface area contributed by atoms with E-state index in [1.807, 2.05) is 56.3 Å². The summed E-state index contributed by atoms with van der Waals surface area (Å²) in [4.78, 5) is 0. The number of hydrogen-bond donors (Lipinski definition) is 1. The first kappa shape index (κ1) is 46.2. The predicted molar refractivity (Wildman–Crippen MR) is 274 cm³/mol. The highest BCUT2D eigenvalue weighted by molar-refractivity contribution is 5.78. The van der Waals surface area contributed by atoms with Crippen molar-refractivity contribution >= 4 is 28.5 Å². The Morgan fingerprint density at radius 3 is 1.94 bits per heavy atom. The van der Waals surface area contributed by atoms with Crippen molar-refractivity contribution in [2.45, 2.75) is 72.1 Å². The van der Waals surface area contributed by atoms with Gasteiger partial charge in [-0.25, -0.2) is 0 Å². The van der Waals surface area contributed by atoms with Gasteiger partial charge in [-0.2, -0.15) is 0 Å². The smallest absolute Gasteiger partial charge is 0.0387 e. The van der Waals surface area contributed by atoms with Gasteiger partial charge in [0.25, 0.3) is 0 Å². The molecule has 6 aromatic carbocycles. The lowest BCUT2D eigenvalue weighted by Crippen LogP contribution is -1.98. The molecule has 1 aliphatic rings. The summed E-state index contributed by atoms with van der Waals surface area (Å²) >= 11 is 0. The van der Waals surface area contributed by atoms with Crippen molar-refractivity contribution in [1.82, 2.24) is 0 Å². The Bertz CT molecular complexity index is 2450. The van der Waals surface area contributed by atoms with Crippen LogP contribution in [0, 0.1) is 12.3 Å². The number of rotatable bonds is 14. The van der Waals surface area contributed by atoms with Gasteiger partial charge < -0.3 is 5.32 Å². The summed E-state index contributed by atoms with van der Waals surface area (Å²) < 4.78 is 0. The van der Waals surface area contributed by atoms with Crippen LogP contribution in [-0.4, -0.2) is 0 Å². The zero-order valence-electron chi connectivity index (χ0n) is 37.2. The van der Waals surface area contributed by atoms with Crippen LogP contribution in [0.25, 0.3) is 33.9 Å². The Morgan fingerprint density at radius 1 is 0.710 bits per heavy atom. The number of anilines is 1. The second-order valence-electron chi connectivity index (χ2n) is 15.5. The molecule has 1 N–H and O–H groups in total. The summed E-state index contributed by atoms with van der Waals surface area (Å²) in [6.45, 7) is 12.4. The fourth-order valence-corrected chi connectivity index (χ4v) is 7.43. The first-order chi connectivity index (χ1) is 30.4. The fourth-order valence-electron chi connectivity index (χ4n) is 7.43. The molecular weight excluding hydrogens is 747 g/mol. The maximum atomic E-state index is 5.25. The lowest BCUT2D eigenvalue weighted by atomic mass is 9.88. The van der Waals surface area contributed by atoms with Gasteiger partial charge in [-0.05, 0) is 113 Å². The summed E-state index contributed by atoms with van der Waals surface area (Å²) in [5.41, 5.74) is 16.2. The predicted octanol–water partition coefficient (Wildman–Crippen LogP) is 17.1. The first-order valence-electron chi connectivity index (χ1n) is 22.1. The average molecular weight is 810 g/mol. The Morgan fingerprint density at radius 2 is 1.32 bits per heavy atom. The molecule has 1 aliphatic carbocycles. The molecule has 0 bridgehead atoms. The van der Waals surface area contributed by atoms with Gasteiger partial charge in [-0.3, -0.25) is 0 Å². The summed E-state index contributed by atoms with van der Waals surface area (Å²) in [5, 5.41) is 3.55. The molecule has 1 unspecified atom stereocenters. The van der Waals surface area contributed by atoms with E-state index in [1.54, 1.807) is 0 Å². The van der Waals surface area contributed by atoms with Gasteiger partial charge in [0.15, 0.2) is 0 Å². The lowest BCUT2D eigenvalue weighted by Gasteiger charge is -2.17. The average Bonchev–Trinajstić information content (AvgIpc) is 3.56. The second kappa shape index (κ2) is 25.7. The molecule has 1 nitrogen and oxygen atoms in total. The highest BCUT2D eigenvalue weighted by Crippen LogP contribution is 2.32. The molecule has 0 heterocycles. The zero-order chi connectivity index (χ0) is 43.8. The van der Waals surface area contributed by atoms with Crippen LogP contribution in [0.15, 0.2) is 213 Å². The number of benzene rings is 6. The molecule has 7 rings (SSSR count). The van der Waals surface area contributed by atoms with E-state index in [9.17, 15) is 0 Å². The molecule has 0 spiro atoms. The van der Waals surface area contributed by atoms with Gasteiger partial charge in [0.05, 0.1) is 0 Å². The topological polar surface area (TPSA) is 12.0 Å². The van der Waals surface area contributed by atoms with Gasteiger partial charge in [0.2, 0.25) is 0 Å². The Hall–Kier alpha value is -6.88. The lowest BCUT2D eigenvalue weighted by molar-refractivity contribution is 0.716. The highest BCUT2D eigenvalue weighted by Gasteiger charge is 2.12. The third-order valence-electron chi connectivity index (χ3n) is 10.7. The van der Waals surface area contributed by atoms with Gasteiger partial charge >= 0.3 is 0 Å². The Kier molecular flexibility index (Phi) is 19.1. The second-order valence-corrected chi connectivity index (χ2v) is 15.5. The van der Waals surface area contributed by atoms with Crippen LogP contribution in [-0.2, 0) is 6.42 Å². The van der Waals surface area contributed by atoms with Crippen molar-refractivity contribution in [1.29, 1.82) is 0 Å². The van der Waals surface area contributed by atoms with E-state index in [4.69, 9.17) is 6.42 Å². The van der Waals surface area contributed by atoms with E-state index >= 15 is 0 Å². The molecule has 1 atom stereocenters. The molecule has 0 fully saturated rings. The highest BCUT2D eigenvalue weighted by atomic mass is 14.9. The van der Waals surface area contributed by atoms with E-state index in [0.29, 0.717) is 12.3 Å². The number of nitrogens with one attached hydrogen (secondary N) is 1. The van der Waals surface area contributed by atoms with E-state index in [1.165, 1.54) is 55.7 Å². The molecule has 0 amide bonds. The van der Waals surface area contributed by atoms with Crippen molar-refractivity contribution in [2.75, 3.05) is 5.32 Å². The van der Waals surface area contributed by atoms with Gasteiger partial charge in [0.1, 0.15) is 0 Å². The molecule has 0 radical (unpaired) electrons. The van der Waals surface area contributed by atoms with Gasteiger partial charge in [-0.1, -0.05) is 221 Å². The van der Waals surface area contributed by atoms with Gasteiger partial charge in [-0.15, -0.1) is 12.3 Å². The normalized spacial score (nSPS) is 12.6. The Labute approximate surface area is 373 Å². The molecule has 0 saturated heterocycles. The number of terminal acetylenes is 1. The summed E-state index contributed by atoms with van der Waals surface area (Å²) in [5.74, 6) is 3.06. The van der Waals surface area contributed by atoms with Crippen LogP contribution in [0.1, 0.15) is 99.1 Å². The third kappa shape index (κ3) is 14.7. The van der Waals surface area contributed by atoms with Crippen molar-refractivity contribution in [3.63, 3.8) is 0 Å². The summed E-state index contributed by atoms with van der Waals surface area (Å²) in [6.07, 6.45) is 27.0. The number of hydrogen-bond acceptors (Lipinski definition) is 1. The van der Waals surface area contributed by atoms with E-state index in [0.717, 1.165) is 49.1 Å². The van der Waals surface area contributed by atoms with E-state index in [-0.39, 0.29) is 0 Å². The maximum absolute atomic E-state index is 5.25. The van der Waals surface area contributed by atoms with Crippen LogP contribution < -0.4 is 5.32 Å². The largest absolute Gasteiger partial charge is 0.356 e. The summed E-state index contributed by atoms with van der Waals surface area (Å²) in [7, 11) is 0. The minimum atomic E-state index is 0.413. The zero-order valence-corrected chi connectivity index (χ0v) is 37.2. The van der Waals surface area contributed by atoms with Crippen LogP contribution in [0.3, 0.4) is 0 Å². The fraction of sp³-hybridized carbons (Fsp3) is 0.180. The standard InChI is InChI=1S/C40H41N.C12H12.C9H10/c1-3-13-36(33-23-21-32(22-24-33)31-15-7-5-8-16-31)29-37(14-4-2)34-25-27-35(28-26-34)38-17-11-12-20-40(30-38)41-39-18-9-6-10-19-39;1-3-7-11-9-5-6-10-12(11)8-4-2;1-8(2)9-6-4-3-5-7-9/h5-10,12,15-30,36,41H,3-4,11,13-14H2,1-2H3;1,4-6,8-10H,7H2,2H3;3-7H,1H2,2H3/b37-29+;8-4-;. The SMILES string of the molecule is C#CCc1ccccc1/C=C\C.C=C(C)c1ccccc1.CCC/C(=C\C(CCC)c1ccc(-c2ccccc2)cc1)c1ccc(C2=CCC=CC(Nc3ccccc3)=C2)cc1. The molecule has 312 valence electrons.